The second kappa shape index (κ2) is 11.0. The van der Waals surface area contributed by atoms with Gasteiger partial charge < -0.3 is 30.6 Å². The molecule has 0 bridgehead atoms. The summed E-state index contributed by atoms with van der Waals surface area (Å²) in [5.41, 5.74) is 0.649. The minimum atomic E-state index is -0.802. The molecule has 0 atom stereocenters. The Kier molecular flexibility index (Phi) is 7.49. The third-order valence-electron chi connectivity index (χ3n) is 6.63. The first-order valence-electron chi connectivity index (χ1n) is 12.1. The van der Waals surface area contributed by atoms with Crippen molar-refractivity contribution in [2.45, 2.75) is 19.3 Å². The normalized spacial score (nSPS) is 15.5. The van der Waals surface area contributed by atoms with Crippen LogP contribution in [0.1, 0.15) is 34.3 Å². The van der Waals surface area contributed by atoms with E-state index in [0.29, 0.717) is 31.1 Å². The van der Waals surface area contributed by atoms with Crippen molar-refractivity contribution in [2.75, 3.05) is 49.6 Å². The fourth-order valence-electron chi connectivity index (χ4n) is 4.67. The average Bonchev–Trinajstić information content (AvgIpc) is 3.49. The number of aromatic hydroxyl groups is 2. The van der Waals surface area contributed by atoms with Crippen LogP contribution >= 0.6 is 11.5 Å². The van der Waals surface area contributed by atoms with Crippen LogP contribution in [0.3, 0.4) is 0 Å². The molecule has 13 heteroatoms. The molecule has 2 aliphatic rings. The smallest absolute Gasteiger partial charge is 0.263 e. The Morgan fingerprint density at radius 1 is 1.18 bits per heavy atom. The van der Waals surface area contributed by atoms with Crippen molar-refractivity contribution in [3.8, 4) is 11.6 Å². The number of pyridine rings is 1. The van der Waals surface area contributed by atoms with Gasteiger partial charge >= 0.3 is 0 Å². The molecule has 0 unspecified atom stereocenters. The monoisotopic (exact) mass is 544 g/mol. The second-order valence-electron chi connectivity index (χ2n) is 9.05. The van der Waals surface area contributed by atoms with Crippen LogP contribution in [0.4, 0.5) is 25.2 Å². The topological polar surface area (TPSA) is 135 Å². The molecule has 0 radical (unpaired) electrons. The fraction of sp³-hybridized carbons (Fsp3) is 0.360. The first-order valence-corrected chi connectivity index (χ1v) is 12.9. The van der Waals surface area contributed by atoms with Gasteiger partial charge in [-0.2, -0.15) is 4.37 Å². The number of carbonyl (C=O) groups is 1. The van der Waals surface area contributed by atoms with Crippen LogP contribution in [0.2, 0.25) is 0 Å². The van der Waals surface area contributed by atoms with Gasteiger partial charge in [0.1, 0.15) is 27.9 Å². The van der Waals surface area contributed by atoms with Crippen molar-refractivity contribution in [3.63, 3.8) is 0 Å². The fourth-order valence-corrected chi connectivity index (χ4v) is 5.40. The second-order valence-corrected chi connectivity index (χ2v) is 9.82. The summed E-state index contributed by atoms with van der Waals surface area (Å²) in [5, 5.41) is 33.0. The number of morpholine rings is 1. The standard InChI is InChI=1S/C25H26F2N6O4S/c26-14-10-17(27)15-3-5-33(20(15)11-14)25(36)16-12-29-13-19(22(16)34)30-24-21(23(35)31-38-24)18(28)2-1-4-32-6-8-37-9-7-32/h10-13,28,30H,1-9H2,(H,29,34)(H,31,35). The van der Waals surface area contributed by atoms with Gasteiger partial charge in [0.25, 0.3) is 5.91 Å². The van der Waals surface area contributed by atoms with Crippen LogP contribution in [0, 0.1) is 17.0 Å². The van der Waals surface area contributed by atoms with Gasteiger partial charge in [0.15, 0.2) is 5.75 Å². The lowest BCUT2D eigenvalue weighted by Crippen LogP contribution is -2.36. The van der Waals surface area contributed by atoms with E-state index in [9.17, 15) is 23.8 Å². The van der Waals surface area contributed by atoms with E-state index in [4.69, 9.17) is 10.1 Å². The van der Waals surface area contributed by atoms with Gasteiger partial charge in [-0.3, -0.25) is 14.7 Å². The zero-order valence-electron chi connectivity index (χ0n) is 20.3. The zero-order chi connectivity index (χ0) is 26.8. The van der Waals surface area contributed by atoms with Gasteiger partial charge in [-0.05, 0) is 43.4 Å². The maximum Gasteiger partial charge on any atom is 0.263 e. The van der Waals surface area contributed by atoms with Crippen molar-refractivity contribution < 1.29 is 28.5 Å². The largest absolute Gasteiger partial charge is 0.505 e. The highest BCUT2D eigenvalue weighted by atomic mass is 32.1. The Labute approximate surface area is 221 Å². The molecule has 0 aliphatic carbocycles. The number of aromatic nitrogens is 2. The van der Waals surface area contributed by atoms with Crippen LogP contribution in [0.15, 0.2) is 24.5 Å². The minimum absolute atomic E-state index is 0.0618. The van der Waals surface area contributed by atoms with Crippen LogP contribution in [-0.2, 0) is 11.2 Å². The van der Waals surface area contributed by atoms with Crippen molar-refractivity contribution in [1.82, 2.24) is 14.3 Å². The molecule has 200 valence electrons. The van der Waals surface area contributed by atoms with E-state index in [1.165, 1.54) is 17.3 Å². The molecule has 1 aromatic carbocycles. The predicted octanol–water partition coefficient (Wildman–Crippen LogP) is 3.65. The van der Waals surface area contributed by atoms with E-state index in [1.807, 2.05) is 0 Å². The number of anilines is 3. The molecule has 0 spiro atoms. The number of ether oxygens (including phenoxy) is 1. The highest BCUT2D eigenvalue weighted by Crippen LogP contribution is 2.38. The van der Waals surface area contributed by atoms with E-state index in [1.54, 1.807) is 0 Å². The van der Waals surface area contributed by atoms with E-state index in [-0.39, 0.29) is 52.6 Å². The molecule has 10 nitrogen and oxygen atoms in total. The quantitative estimate of drug-likeness (QED) is 0.316. The zero-order valence-corrected chi connectivity index (χ0v) is 21.2. The number of rotatable bonds is 8. The Morgan fingerprint density at radius 2 is 1.97 bits per heavy atom. The molecule has 38 heavy (non-hydrogen) atoms. The molecule has 1 amide bonds. The molecule has 0 saturated carbocycles. The van der Waals surface area contributed by atoms with Crippen LogP contribution in [-0.4, -0.2) is 75.5 Å². The maximum atomic E-state index is 14.2. The number of hydrogen-bond acceptors (Lipinski definition) is 10. The van der Waals surface area contributed by atoms with Crippen LogP contribution < -0.4 is 10.2 Å². The van der Waals surface area contributed by atoms with E-state index in [0.717, 1.165) is 43.3 Å². The van der Waals surface area contributed by atoms with Crippen LogP contribution in [0.5, 0.6) is 11.6 Å². The summed E-state index contributed by atoms with van der Waals surface area (Å²) in [7, 11) is 0. The summed E-state index contributed by atoms with van der Waals surface area (Å²) in [4.78, 5) is 20.7. The van der Waals surface area contributed by atoms with Crippen LogP contribution in [0.25, 0.3) is 0 Å². The van der Waals surface area contributed by atoms with Crippen molar-refractivity contribution in [1.29, 1.82) is 5.41 Å². The Hall–Kier alpha value is -3.68. The highest BCUT2D eigenvalue weighted by Gasteiger charge is 2.31. The summed E-state index contributed by atoms with van der Waals surface area (Å²) in [6.07, 6.45) is 3.81. The summed E-state index contributed by atoms with van der Waals surface area (Å²) in [6, 6.07) is 1.87. The highest BCUT2D eigenvalue weighted by molar-refractivity contribution is 7.11. The van der Waals surface area contributed by atoms with Gasteiger partial charge in [-0.15, -0.1) is 0 Å². The van der Waals surface area contributed by atoms with Gasteiger partial charge in [-0.1, -0.05) is 0 Å². The third kappa shape index (κ3) is 5.17. The van der Waals surface area contributed by atoms with Gasteiger partial charge in [0.2, 0.25) is 5.88 Å². The third-order valence-corrected chi connectivity index (χ3v) is 7.39. The number of halogens is 2. The Morgan fingerprint density at radius 3 is 2.76 bits per heavy atom. The lowest BCUT2D eigenvalue weighted by molar-refractivity contribution is 0.0376. The van der Waals surface area contributed by atoms with E-state index < -0.39 is 23.3 Å². The summed E-state index contributed by atoms with van der Waals surface area (Å²) < 4.78 is 37.3. The Bertz CT molecular complexity index is 1380. The summed E-state index contributed by atoms with van der Waals surface area (Å²) >= 11 is 0.907. The number of fused-ring (bicyclic) bond motifs is 1. The number of nitrogens with one attached hydrogen (secondary N) is 2. The van der Waals surface area contributed by atoms with E-state index in [2.05, 4.69) is 19.6 Å². The molecule has 1 saturated heterocycles. The number of benzene rings is 1. The molecule has 2 aromatic heterocycles. The Balaban J connectivity index is 1.32. The van der Waals surface area contributed by atoms with Gasteiger partial charge in [0, 0.05) is 43.2 Å². The molecule has 1 fully saturated rings. The number of carbonyl (C=O) groups excluding carboxylic acids is 1. The molecule has 3 aromatic rings. The molecule has 2 aliphatic heterocycles. The van der Waals surface area contributed by atoms with Gasteiger partial charge in [-0.25, -0.2) is 8.78 Å². The van der Waals surface area contributed by atoms with Gasteiger partial charge in [0.05, 0.1) is 30.7 Å². The molecular weight excluding hydrogens is 518 g/mol. The van der Waals surface area contributed by atoms with Crippen molar-refractivity contribution >= 4 is 39.5 Å². The van der Waals surface area contributed by atoms with Crippen molar-refractivity contribution in [2.24, 2.45) is 0 Å². The first-order chi connectivity index (χ1) is 18.3. The number of hydrogen-bond donors (Lipinski definition) is 4. The minimum Gasteiger partial charge on any atom is -0.505 e. The van der Waals surface area contributed by atoms with E-state index >= 15 is 0 Å². The molecule has 4 heterocycles. The first kappa shape index (κ1) is 25.9. The molecule has 5 rings (SSSR count). The predicted molar refractivity (Wildman–Crippen MR) is 138 cm³/mol. The number of nitrogens with zero attached hydrogens (tertiary/aromatic N) is 4. The molecule has 4 N–H and O–H groups in total. The summed E-state index contributed by atoms with van der Waals surface area (Å²) in [5.74, 6) is -2.91. The average molecular weight is 545 g/mol. The van der Waals surface area contributed by atoms with Crippen molar-refractivity contribution in [3.05, 3.63) is 52.9 Å². The summed E-state index contributed by atoms with van der Waals surface area (Å²) in [6.45, 7) is 4.00. The molecular formula is C25H26F2N6O4S. The SMILES string of the molecule is N=C(CCCN1CCOCC1)c1c(O)nsc1Nc1cncc(C(=O)N2CCc3c(F)cc(F)cc32)c1O. The lowest BCUT2D eigenvalue weighted by atomic mass is 10.1. The number of amides is 1. The lowest BCUT2D eigenvalue weighted by Gasteiger charge is -2.26. The maximum absolute atomic E-state index is 14.2.